The Morgan fingerprint density at radius 1 is 0.587 bits per heavy atom. The number of halogens is 2. The first-order chi connectivity index (χ1) is 43.3. The summed E-state index contributed by atoms with van der Waals surface area (Å²) >= 11 is 13.2. The van der Waals surface area contributed by atoms with Crippen molar-refractivity contribution < 1.29 is 64.9 Å². The van der Waals surface area contributed by atoms with E-state index < -0.39 is 29.4 Å². The number of amides is 3. The largest absolute Gasteiger partial charge is 0.478 e. The molecule has 3 amide bonds. The van der Waals surface area contributed by atoms with Crippen LogP contribution < -0.4 is 32.3 Å². The first-order valence-electron chi connectivity index (χ1n) is 31.6. The molecule has 4 unspecified atom stereocenters. The number of ether oxygens (including phenoxy) is 2. The third kappa shape index (κ3) is 15.9. The van der Waals surface area contributed by atoms with Crippen LogP contribution in [0.1, 0.15) is 180 Å². The van der Waals surface area contributed by atoms with E-state index in [1.165, 1.54) is 85.0 Å². The third-order valence-corrected chi connectivity index (χ3v) is 19.1. The molecule has 17 nitrogen and oxygen atoms in total. The Bertz CT molecular complexity index is 3800. The zero-order valence-electron chi connectivity index (χ0n) is 53.4. The molecule has 8 fully saturated rings. The number of hydrogen-bond acceptors (Lipinski definition) is 13. The van der Waals surface area contributed by atoms with E-state index in [2.05, 4.69) is 99.5 Å². The third-order valence-electron chi connectivity index (χ3n) is 18.5. The van der Waals surface area contributed by atoms with E-state index in [4.69, 9.17) is 54.8 Å². The van der Waals surface area contributed by atoms with E-state index in [9.17, 15) is 19.2 Å². The minimum atomic E-state index is -1.01. The molecular weight excluding hydrogens is 1420 g/mol. The van der Waals surface area contributed by atoms with Crippen LogP contribution in [-0.2, 0) is 22.3 Å². The Morgan fingerprint density at radius 3 is 1.39 bits per heavy atom. The Labute approximate surface area is 576 Å². The molecule has 2 radical (unpaired) electrons. The van der Waals surface area contributed by atoms with Crippen molar-refractivity contribution in [1.82, 2.24) is 25.3 Å². The molecule has 0 aliphatic heterocycles. The molecule has 4 aromatic carbocycles. The van der Waals surface area contributed by atoms with Gasteiger partial charge >= 0.3 is 18.2 Å². The molecule has 0 spiro atoms. The molecule has 10 aliphatic rings. The van der Waals surface area contributed by atoms with Crippen LogP contribution in [0, 0.1) is 54.8 Å². The van der Waals surface area contributed by atoms with Gasteiger partial charge in [0.05, 0.1) is 39.4 Å². The molecule has 8 saturated carbocycles. The van der Waals surface area contributed by atoms with E-state index in [0.717, 1.165) is 85.7 Å². The van der Waals surface area contributed by atoms with Crippen molar-refractivity contribution in [3.63, 3.8) is 0 Å². The summed E-state index contributed by atoms with van der Waals surface area (Å²) in [4.78, 5) is 66.7. The monoisotopic (exact) mass is 1510 g/mol. The molecule has 2 heterocycles. The fraction of sp³-hybridized carbons (Fsp3) is 0.437. The molecular formula is C71H83BCl2N10O7U. The van der Waals surface area contributed by atoms with Crippen molar-refractivity contribution in [1.29, 1.82) is 1.34 Å². The zero-order chi connectivity index (χ0) is 64.7. The molecule has 0 saturated heterocycles. The van der Waals surface area contributed by atoms with Gasteiger partial charge in [0, 0.05) is 89.7 Å². The average molecular weight is 1510 g/mol. The van der Waals surface area contributed by atoms with Crippen LogP contribution >= 0.6 is 23.2 Å². The fourth-order valence-corrected chi connectivity index (χ4v) is 16.7. The van der Waals surface area contributed by atoms with E-state index in [-0.39, 0.29) is 72.2 Å². The van der Waals surface area contributed by atoms with Gasteiger partial charge in [-0.05, 0) is 227 Å². The second kappa shape index (κ2) is 27.3. The van der Waals surface area contributed by atoms with Gasteiger partial charge in [-0.2, -0.15) is 0 Å². The number of hydrogen-bond donors (Lipinski definition) is 7. The fourth-order valence-electron chi connectivity index (χ4n) is 16.3. The van der Waals surface area contributed by atoms with Crippen LogP contribution in [0.4, 0.5) is 32.9 Å². The van der Waals surface area contributed by atoms with Gasteiger partial charge in [0.25, 0.3) is 5.91 Å². The van der Waals surface area contributed by atoms with Crippen molar-refractivity contribution in [2.45, 2.75) is 172 Å². The topological polar surface area (TPSA) is 245 Å². The first kappa shape index (κ1) is 68.1. The maximum atomic E-state index is 13.6. The molecule has 21 heteroatoms. The van der Waals surface area contributed by atoms with Crippen LogP contribution in [0.25, 0.3) is 11.1 Å². The number of allylic oxidation sites excluding steroid dienone is 2. The summed E-state index contributed by atoms with van der Waals surface area (Å²) in [6.07, 6.45) is 21.7. The van der Waals surface area contributed by atoms with Crippen LogP contribution in [0.5, 0.6) is 0 Å². The summed E-state index contributed by atoms with van der Waals surface area (Å²) in [5.74, 6) is 2.73. The number of carbonyl (C=O) groups excluding carboxylic acids is 3. The standard InChI is InChI=1S/C35H38ClN5O3.C23H25ClN4.C12H15NO4.CH4.BH.U/c1-33(2,3)44-32(43)38-25-11-8-24(9-12-25)30(42)40-34-15-21-14-22(16-34)18-35(17-21,20-34)41-31-37-19-28(36)29(39-31)27-13-10-23-6-4-5-7-26(23)27;24-19-12-26-21(27-20(19)18-6-5-16-3-1-2-4-17(16)18)28-23-10-14-7-15(11-23)9-22(25,8-14)13-23;1-12(2,3)17-11(16)13-9-6-4-8(5-7-9)10(14)15;;;/h4-9,11-13,19,21-22H,10,14-18,20H2,1-3H3,(H,38,43)(H,40,42)(H,37,39,41);1-4,6,12,14-15H,5,7-11,13,25H2,(H,26,27,28);4-7H,1-3H3,(H,13,16)(H,14,15);1H4;1H;/i;;;;1T;. The zero-order valence-corrected chi connectivity index (χ0v) is 58.0. The quantitative estimate of drug-likeness (QED) is 0.0597. The van der Waals surface area contributed by atoms with Crippen LogP contribution in [0.3, 0.4) is 0 Å². The number of aromatic carboxylic acids is 1. The summed E-state index contributed by atoms with van der Waals surface area (Å²) in [6, 6.07) is 29.6. The minimum Gasteiger partial charge on any atom is -0.478 e. The number of fused-ring (bicyclic) bond motifs is 2. The molecule has 16 rings (SSSR count). The number of nitrogens with two attached hydrogens (primary N) is 1. The average Bonchev–Trinajstić information content (AvgIpc) is 1.42. The normalized spacial score (nSPS) is 25.4. The minimum absolute atomic E-state index is 0. The number of aromatic nitrogens is 4. The number of rotatable bonds is 11. The number of carbonyl (C=O) groups is 4. The smallest absolute Gasteiger partial charge is 0.412 e. The maximum absolute atomic E-state index is 13.6. The van der Waals surface area contributed by atoms with Crippen molar-refractivity contribution in [3.05, 3.63) is 176 Å². The Hall–Kier alpha value is -6.74. The van der Waals surface area contributed by atoms with Crippen molar-refractivity contribution >= 4 is 90.1 Å². The molecule has 10 aliphatic carbocycles. The van der Waals surface area contributed by atoms with E-state index >= 15 is 0 Å². The van der Waals surface area contributed by atoms with E-state index in [1.54, 1.807) is 57.4 Å². The summed E-state index contributed by atoms with van der Waals surface area (Å²) in [5, 5.41) is 26.0. The predicted molar refractivity (Wildman–Crippen MR) is 361 cm³/mol. The number of anilines is 4. The summed E-state index contributed by atoms with van der Waals surface area (Å²) in [7, 11) is 3.75. The van der Waals surface area contributed by atoms with Gasteiger partial charge in [-0.1, -0.05) is 91.3 Å². The Balaban J connectivity index is 0.000000178. The van der Waals surface area contributed by atoms with Crippen LogP contribution in [0.2, 0.25) is 10.0 Å². The van der Waals surface area contributed by atoms with Crippen LogP contribution in [-0.4, -0.2) is 92.2 Å². The summed E-state index contributed by atoms with van der Waals surface area (Å²) < 4.78 is 15.6. The predicted octanol–water partition coefficient (Wildman–Crippen LogP) is 14.7. The van der Waals surface area contributed by atoms with Crippen molar-refractivity contribution in [3.8, 4) is 0 Å². The number of carboxylic acid groups (broad SMARTS) is 1. The molecule has 92 heavy (non-hydrogen) atoms. The number of nitrogens with one attached hydrogen (secondary N) is 5. The van der Waals surface area contributed by atoms with Gasteiger partial charge in [0.15, 0.2) is 0 Å². The van der Waals surface area contributed by atoms with Crippen LogP contribution in [0.15, 0.2) is 122 Å². The van der Waals surface area contributed by atoms with E-state index in [0.29, 0.717) is 50.7 Å². The molecule has 4 atom stereocenters. The second-order valence-electron chi connectivity index (χ2n) is 28.3. The van der Waals surface area contributed by atoms with Gasteiger partial charge in [-0.25, -0.2) is 34.3 Å². The Morgan fingerprint density at radius 2 is 0.978 bits per heavy atom. The summed E-state index contributed by atoms with van der Waals surface area (Å²) in [5.41, 5.74) is 15.7. The maximum Gasteiger partial charge on any atom is 0.412 e. The molecule has 8 bridgehead atoms. The molecule has 480 valence electrons. The van der Waals surface area contributed by atoms with Gasteiger partial charge in [-0.15, -0.1) is 0 Å². The van der Waals surface area contributed by atoms with Gasteiger partial charge in [0.2, 0.25) is 11.9 Å². The van der Waals surface area contributed by atoms with E-state index in [1.807, 2.05) is 26.8 Å². The molecule has 8 N–H and O–H groups in total. The van der Waals surface area contributed by atoms with Gasteiger partial charge in [-0.3, -0.25) is 15.4 Å². The van der Waals surface area contributed by atoms with Gasteiger partial charge < -0.3 is 36.3 Å². The number of benzene rings is 4. The van der Waals surface area contributed by atoms with Crippen molar-refractivity contribution in [2.24, 2.45) is 29.4 Å². The first-order valence-corrected chi connectivity index (χ1v) is 31.8. The number of carboxylic acids is 1. The van der Waals surface area contributed by atoms with Crippen molar-refractivity contribution in [2.75, 3.05) is 21.3 Å². The molecule has 2 aromatic heterocycles. The second-order valence-corrected chi connectivity index (χ2v) is 29.1. The van der Waals surface area contributed by atoms with Gasteiger partial charge in [0.1, 0.15) is 11.2 Å². The summed E-state index contributed by atoms with van der Waals surface area (Å²) in [6.45, 7) is 10.7. The molecule has 6 aromatic rings. The SMILES string of the molecule is C.CC(C)(C)OC(=O)Nc1ccc(C(=O)NC23CC4CC(C2)CC(Nc2ncc(Cl)c(C5=CCc6ccccc65)n2)(C4)C3)cc1.CC(C)(C)OC(=O)Nc1ccc(C(=O)O)cc1.NC12CC3CC(C1)CC(Nc1ncc(Cl)c(C4=CCc5ccccc54)n1)(C3)C2.[3H][B].[U]. The number of nitrogens with zero attached hydrogens (tertiary/aromatic N) is 4. The Kier molecular flexibility index (Phi) is 20.2.